The number of carboxylic acid groups (broad SMARTS) is 1. The molecule has 236 valence electrons. The van der Waals surface area contributed by atoms with E-state index in [1.54, 1.807) is 12.1 Å². The zero-order valence-corrected chi connectivity index (χ0v) is 26.5. The number of fused-ring (bicyclic) bond motifs is 1. The molecular formula is C33H47N3O6S. The lowest BCUT2D eigenvalue weighted by molar-refractivity contribution is -0.123. The van der Waals surface area contributed by atoms with Crippen LogP contribution < -0.4 is 10.0 Å². The largest absolute Gasteiger partial charge is 0.483 e. The highest BCUT2D eigenvalue weighted by Crippen LogP contribution is 2.28. The van der Waals surface area contributed by atoms with Gasteiger partial charge >= 0.3 is 0 Å². The Morgan fingerprint density at radius 2 is 1.63 bits per heavy atom. The van der Waals surface area contributed by atoms with Gasteiger partial charge in [0.25, 0.3) is 16.5 Å². The van der Waals surface area contributed by atoms with Gasteiger partial charge in [-0.2, -0.15) is 0 Å². The molecule has 0 aromatic heterocycles. The van der Waals surface area contributed by atoms with Crippen LogP contribution in [0.25, 0.3) is 0 Å². The fraction of sp³-hybridized carbons (Fsp3) is 0.545. The highest BCUT2D eigenvalue weighted by atomic mass is 32.2. The lowest BCUT2D eigenvalue weighted by Gasteiger charge is -2.31. The van der Waals surface area contributed by atoms with Crippen molar-refractivity contribution in [2.45, 2.75) is 83.1 Å². The first-order valence-corrected chi connectivity index (χ1v) is 16.8. The molecule has 0 radical (unpaired) electrons. The molecule has 2 aromatic carbocycles. The lowest BCUT2D eigenvalue weighted by Crippen LogP contribution is -2.38. The van der Waals surface area contributed by atoms with Gasteiger partial charge in [-0.25, -0.2) is 13.1 Å². The van der Waals surface area contributed by atoms with E-state index in [1.165, 1.54) is 42.5 Å². The average Bonchev–Trinajstić information content (AvgIpc) is 3.18. The standard InChI is InChI=1S/C32H45N3O4S.CH2O2/c1-23(2)32(37)28-9-8-26-16-20-35(21-17-27(26)22-28)19-15-25-6-10-29(11-7-25)33-18-14-31(36)34-40(38,39)30-12-4-24(3)5-13-30;2-1-3/h4-5,8-9,12-13,22-23,25,29,33H,6-7,10-11,14-21H2,1-3H3,(H,34,36);1H,(H,2,3). The minimum absolute atomic E-state index is 0.0262. The van der Waals surface area contributed by atoms with Crippen molar-refractivity contribution in [2.24, 2.45) is 11.8 Å². The van der Waals surface area contributed by atoms with Crippen LogP contribution in [0, 0.1) is 18.8 Å². The maximum absolute atomic E-state index is 12.4. The molecule has 0 unspecified atom stereocenters. The summed E-state index contributed by atoms with van der Waals surface area (Å²) in [6, 6.07) is 13.1. The molecule has 3 N–H and O–H groups in total. The monoisotopic (exact) mass is 613 g/mol. The quantitative estimate of drug-likeness (QED) is 0.252. The van der Waals surface area contributed by atoms with E-state index >= 15 is 0 Å². The first-order chi connectivity index (χ1) is 20.5. The summed E-state index contributed by atoms with van der Waals surface area (Å²) in [4.78, 5) is 35.7. The van der Waals surface area contributed by atoms with Crippen molar-refractivity contribution in [3.05, 3.63) is 64.7 Å². The summed E-state index contributed by atoms with van der Waals surface area (Å²) in [5.41, 5.74) is 4.53. The molecule has 2 aromatic rings. The summed E-state index contributed by atoms with van der Waals surface area (Å²) in [5.74, 6) is 0.493. The number of aryl methyl sites for hydroxylation is 1. The molecular weight excluding hydrogens is 566 g/mol. The van der Waals surface area contributed by atoms with Gasteiger partial charge < -0.3 is 15.3 Å². The predicted molar refractivity (Wildman–Crippen MR) is 168 cm³/mol. The molecule has 1 amide bonds. The molecule has 0 saturated heterocycles. The Hall–Kier alpha value is -3.08. The van der Waals surface area contributed by atoms with Crippen molar-refractivity contribution in [3.63, 3.8) is 0 Å². The van der Waals surface area contributed by atoms with Gasteiger partial charge in [-0.1, -0.05) is 43.7 Å². The fourth-order valence-electron chi connectivity index (χ4n) is 5.87. The minimum atomic E-state index is -3.83. The van der Waals surface area contributed by atoms with E-state index < -0.39 is 15.9 Å². The summed E-state index contributed by atoms with van der Waals surface area (Å²) in [6.07, 6.45) is 7.93. The Labute approximate surface area is 256 Å². The molecule has 43 heavy (non-hydrogen) atoms. The van der Waals surface area contributed by atoms with E-state index in [9.17, 15) is 18.0 Å². The Kier molecular flexibility index (Phi) is 13.3. The Bertz CT molecular complexity index is 1320. The number of sulfonamides is 1. The molecule has 0 spiro atoms. The number of carbonyl (C=O) groups excluding carboxylic acids is 2. The molecule has 1 heterocycles. The van der Waals surface area contributed by atoms with Gasteiger partial charge in [0.15, 0.2) is 5.78 Å². The van der Waals surface area contributed by atoms with Crippen molar-refractivity contribution in [3.8, 4) is 0 Å². The van der Waals surface area contributed by atoms with Crippen LogP contribution in [0.3, 0.4) is 0 Å². The zero-order chi connectivity index (χ0) is 31.4. The van der Waals surface area contributed by atoms with Crippen molar-refractivity contribution < 1.29 is 27.9 Å². The molecule has 0 atom stereocenters. The third-order valence-electron chi connectivity index (χ3n) is 8.47. The molecule has 4 rings (SSSR count). The van der Waals surface area contributed by atoms with Gasteiger partial charge in [0, 0.05) is 43.6 Å². The van der Waals surface area contributed by atoms with E-state index in [0.29, 0.717) is 12.6 Å². The summed E-state index contributed by atoms with van der Waals surface area (Å²) >= 11 is 0. The van der Waals surface area contributed by atoms with E-state index in [0.717, 1.165) is 62.4 Å². The SMILES string of the molecule is Cc1ccc(S(=O)(=O)NC(=O)CCNC2CCC(CCN3CCc4ccc(C(=O)C(C)C)cc4CC3)CC2)cc1.O=CO. The number of benzene rings is 2. The first kappa shape index (κ1) is 34.4. The predicted octanol–water partition coefficient (Wildman–Crippen LogP) is 4.37. The lowest BCUT2D eigenvalue weighted by atomic mass is 9.84. The molecule has 2 aliphatic rings. The topological polar surface area (TPSA) is 133 Å². The van der Waals surface area contributed by atoms with Crippen LogP contribution in [0.1, 0.15) is 79.4 Å². The fourth-order valence-corrected chi connectivity index (χ4v) is 6.88. The molecule has 1 aliphatic carbocycles. The number of hydrogen-bond donors (Lipinski definition) is 3. The number of hydrogen-bond acceptors (Lipinski definition) is 7. The molecule has 10 heteroatoms. The summed E-state index contributed by atoms with van der Waals surface area (Å²) in [5, 5.41) is 10.3. The highest BCUT2D eigenvalue weighted by molar-refractivity contribution is 7.90. The normalized spacial score (nSPS) is 19.0. The highest BCUT2D eigenvalue weighted by Gasteiger charge is 2.23. The number of nitrogens with zero attached hydrogens (tertiary/aromatic N) is 1. The van der Waals surface area contributed by atoms with Crippen LogP contribution in [0.2, 0.25) is 0 Å². The van der Waals surface area contributed by atoms with Gasteiger partial charge in [-0.3, -0.25) is 14.4 Å². The maximum Gasteiger partial charge on any atom is 0.290 e. The third kappa shape index (κ3) is 10.9. The molecule has 0 bridgehead atoms. The van der Waals surface area contributed by atoms with Crippen LogP contribution in [-0.4, -0.2) is 68.8 Å². The van der Waals surface area contributed by atoms with Gasteiger partial charge in [-0.15, -0.1) is 0 Å². The van der Waals surface area contributed by atoms with E-state index in [4.69, 9.17) is 9.90 Å². The van der Waals surface area contributed by atoms with Crippen molar-refractivity contribution in [1.82, 2.24) is 14.9 Å². The van der Waals surface area contributed by atoms with Crippen LogP contribution >= 0.6 is 0 Å². The summed E-state index contributed by atoms with van der Waals surface area (Å²) < 4.78 is 27.0. The number of nitrogens with one attached hydrogen (secondary N) is 2. The Balaban J connectivity index is 0.00000162. The second-order valence-corrected chi connectivity index (χ2v) is 13.7. The van der Waals surface area contributed by atoms with Crippen molar-refractivity contribution in [2.75, 3.05) is 26.2 Å². The number of carbonyl (C=O) groups is 3. The Morgan fingerprint density at radius 3 is 2.26 bits per heavy atom. The van der Waals surface area contributed by atoms with Gasteiger partial charge in [-0.05, 0) is 93.7 Å². The number of rotatable bonds is 11. The van der Waals surface area contributed by atoms with Crippen LogP contribution in [0.15, 0.2) is 47.4 Å². The molecule has 1 saturated carbocycles. The minimum Gasteiger partial charge on any atom is -0.483 e. The van der Waals surface area contributed by atoms with Crippen molar-refractivity contribution >= 4 is 28.2 Å². The van der Waals surface area contributed by atoms with Gasteiger partial charge in [0.1, 0.15) is 0 Å². The zero-order valence-electron chi connectivity index (χ0n) is 25.7. The number of Topliss-reactive ketones (excluding diaryl/α,β-unsaturated/α-hetero) is 1. The maximum atomic E-state index is 12.4. The van der Waals surface area contributed by atoms with E-state index in [-0.39, 0.29) is 29.5 Å². The van der Waals surface area contributed by atoms with Crippen LogP contribution in [0.5, 0.6) is 0 Å². The molecule has 1 aliphatic heterocycles. The smallest absolute Gasteiger partial charge is 0.290 e. The van der Waals surface area contributed by atoms with Crippen LogP contribution in [0.4, 0.5) is 0 Å². The first-order valence-electron chi connectivity index (χ1n) is 15.3. The summed E-state index contributed by atoms with van der Waals surface area (Å²) in [6.45, 7) is 9.26. The second kappa shape index (κ2) is 16.7. The number of ketones is 1. The van der Waals surface area contributed by atoms with E-state index in [1.807, 2.05) is 26.8 Å². The van der Waals surface area contributed by atoms with E-state index in [2.05, 4.69) is 27.1 Å². The van der Waals surface area contributed by atoms with Crippen molar-refractivity contribution in [1.29, 1.82) is 0 Å². The van der Waals surface area contributed by atoms with Gasteiger partial charge in [0.2, 0.25) is 5.91 Å². The van der Waals surface area contributed by atoms with Crippen LogP contribution in [-0.2, 0) is 32.5 Å². The second-order valence-electron chi connectivity index (χ2n) is 12.0. The number of amides is 1. The molecule has 9 nitrogen and oxygen atoms in total. The Morgan fingerprint density at radius 1 is 1.00 bits per heavy atom. The average molecular weight is 614 g/mol. The summed E-state index contributed by atoms with van der Waals surface area (Å²) in [7, 11) is -3.83. The molecule has 1 fully saturated rings. The van der Waals surface area contributed by atoms with Gasteiger partial charge in [0.05, 0.1) is 4.90 Å². The third-order valence-corrected chi connectivity index (χ3v) is 9.86.